The second-order valence-corrected chi connectivity index (χ2v) is 4.96. The van der Waals surface area contributed by atoms with Crippen molar-refractivity contribution in [3.05, 3.63) is 23.8 Å². The van der Waals surface area contributed by atoms with Crippen molar-refractivity contribution in [2.75, 3.05) is 18.3 Å². The number of phenolic OH excluding ortho intramolecular Hbond substituents is 1. The number of amides is 1. The fourth-order valence-electron chi connectivity index (χ4n) is 1.23. The average Bonchev–Trinajstić information content (AvgIpc) is 2.39. The number of carbonyl (C=O) groups is 2. The fourth-order valence-corrected chi connectivity index (χ4v) is 1.36. The molecule has 0 radical (unpaired) electrons. The number of esters is 1. The van der Waals surface area contributed by atoms with E-state index in [-0.39, 0.29) is 28.8 Å². The van der Waals surface area contributed by atoms with E-state index in [1.807, 2.05) is 0 Å². The molecule has 104 valence electrons. The summed E-state index contributed by atoms with van der Waals surface area (Å²) in [7, 11) is 1.25. The summed E-state index contributed by atoms with van der Waals surface area (Å²) in [4.78, 5) is 23.2. The topological polar surface area (TPSA) is 75.6 Å². The van der Waals surface area contributed by atoms with E-state index in [2.05, 4.69) is 10.1 Å². The number of rotatable bonds is 4. The molecular formula is C13H16ClNO4. The molecule has 0 saturated carbocycles. The van der Waals surface area contributed by atoms with Crippen LogP contribution in [0.3, 0.4) is 0 Å². The number of anilines is 1. The highest BCUT2D eigenvalue weighted by Crippen LogP contribution is 2.27. The Morgan fingerprint density at radius 1 is 1.42 bits per heavy atom. The number of benzene rings is 1. The molecule has 0 unspecified atom stereocenters. The van der Waals surface area contributed by atoms with Gasteiger partial charge in [-0.2, -0.15) is 0 Å². The van der Waals surface area contributed by atoms with Crippen molar-refractivity contribution in [2.24, 2.45) is 5.41 Å². The Balaban J connectivity index is 2.93. The minimum Gasteiger partial charge on any atom is -0.506 e. The van der Waals surface area contributed by atoms with Gasteiger partial charge in [-0.25, -0.2) is 4.79 Å². The predicted molar refractivity (Wildman–Crippen MR) is 72.6 cm³/mol. The van der Waals surface area contributed by atoms with Crippen LogP contribution in [0.5, 0.6) is 5.75 Å². The third kappa shape index (κ3) is 3.61. The van der Waals surface area contributed by atoms with Gasteiger partial charge in [0.2, 0.25) is 5.91 Å². The Morgan fingerprint density at radius 3 is 2.53 bits per heavy atom. The van der Waals surface area contributed by atoms with Gasteiger partial charge in [-0.1, -0.05) is 0 Å². The van der Waals surface area contributed by atoms with Crippen molar-refractivity contribution < 1.29 is 19.4 Å². The third-order valence-corrected chi connectivity index (χ3v) is 3.28. The third-order valence-electron chi connectivity index (χ3n) is 2.62. The van der Waals surface area contributed by atoms with Crippen molar-refractivity contribution in [1.82, 2.24) is 0 Å². The summed E-state index contributed by atoms with van der Waals surface area (Å²) in [6.45, 7) is 3.38. The Morgan fingerprint density at radius 2 is 2.05 bits per heavy atom. The lowest BCUT2D eigenvalue weighted by Gasteiger charge is -2.20. The van der Waals surface area contributed by atoms with Crippen molar-refractivity contribution in [3.8, 4) is 5.75 Å². The largest absolute Gasteiger partial charge is 0.506 e. The Labute approximate surface area is 116 Å². The first kappa shape index (κ1) is 15.3. The Kier molecular flexibility index (Phi) is 4.78. The number of halogens is 1. The molecule has 19 heavy (non-hydrogen) atoms. The highest BCUT2D eigenvalue weighted by Gasteiger charge is 2.27. The highest BCUT2D eigenvalue weighted by molar-refractivity contribution is 6.20. The van der Waals surface area contributed by atoms with E-state index in [1.165, 1.54) is 25.3 Å². The smallest absolute Gasteiger partial charge is 0.337 e. The molecule has 5 nitrogen and oxygen atoms in total. The molecule has 0 aliphatic carbocycles. The fraction of sp³-hybridized carbons (Fsp3) is 0.385. The molecule has 0 aliphatic heterocycles. The van der Waals surface area contributed by atoms with Crippen LogP contribution in [0.2, 0.25) is 0 Å². The number of hydrogen-bond acceptors (Lipinski definition) is 4. The van der Waals surface area contributed by atoms with Gasteiger partial charge in [0, 0.05) is 5.88 Å². The Hall–Kier alpha value is -1.75. The van der Waals surface area contributed by atoms with Crippen LogP contribution in [0, 0.1) is 5.41 Å². The number of alkyl halides is 1. The second kappa shape index (κ2) is 5.93. The average molecular weight is 286 g/mol. The summed E-state index contributed by atoms with van der Waals surface area (Å²) in [5, 5.41) is 12.3. The molecule has 0 saturated heterocycles. The van der Waals surface area contributed by atoms with E-state index in [4.69, 9.17) is 11.6 Å². The molecule has 1 amide bonds. The highest BCUT2D eigenvalue weighted by atomic mass is 35.5. The molecule has 0 aromatic heterocycles. The Bertz CT molecular complexity index is 499. The van der Waals surface area contributed by atoms with Gasteiger partial charge in [0.15, 0.2) is 0 Å². The summed E-state index contributed by atoms with van der Waals surface area (Å²) in [5.41, 5.74) is -0.333. The lowest BCUT2D eigenvalue weighted by molar-refractivity contribution is -0.122. The zero-order valence-electron chi connectivity index (χ0n) is 11.0. The van der Waals surface area contributed by atoms with Gasteiger partial charge in [0.1, 0.15) is 5.75 Å². The van der Waals surface area contributed by atoms with E-state index in [0.29, 0.717) is 0 Å². The van der Waals surface area contributed by atoms with Crippen LogP contribution in [-0.2, 0) is 9.53 Å². The van der Waals surface area contributed by atoms with Crippen molar-refractivity contribution >= 4 is 29.2 Å². The SMILES string of the molecule is COC(=O)c1ccc(NC(=O)C(C)(C)CCl)c(O)c1. The first-order chi connectivity index (χ1) is 8.81. The predicted octanol–water partition coefficient (Wildman–Crippen LogP) is 2.38. The lowest BCUT2D eigenvalue weighted by atomic mass is 9.95. The molecule has 1 aromatic rings. The van der Waals surface area contributed by atoms with Crippen LogP contribution in [0.25, 0.3) is 0 Å². The van der Waals surface area contributed by atoms with Crippen molar-refractivity contribution in [2.45, 2.75) is 13.8 Å². The van der Waals surface area contributed by atoms with Gasteiger partial charge < -0.3 is 15.2 Å². The molecule has 0 atom stereocenters. The molecule has 0 spiro atoms. The maximum Gasteiger partial charge on any atom is 0.337 e. The molecule has 0 bridgehead atoms. The number of hydrogen-bond donors (Lipinski definition) is 2. The van der Waals surface area contributed by atoms with E-state index in [1.54, 1.807) is 13.8 Å². The lowest BCUT2D eigenvalue weighted by Crippen LogP contribution is -2.32. The van der Waals surface area contributed by atoms with Crippen LogP contribution in [0.15, 0.2) is 18.2 Å². The minimum absolute atomic E-state index is 0.153. The second-order valence-electron chi connectivity index (χ2n) is 4.70. The normalized spacial score (nSPS) is 10.9. The summed E-state index contributed by atoms with van der Waals surface area (Å²) in [6.07, 6.45) is 0. The van der Waals surface area contributed by atoms with E-state index >= 15 is 0 Å². The molecular weight excluding hydrogens is 270 g/mol. The minimum atomic E-state index is -0.755. The summed E-state index contributed by atoms with van der Waals surface area (Å²) in [6, 6.07) is 4.12. The van der Waals surface area contributed by atoms with Gasteiger partial charge in [-0.15, -0.1) is 11.6 Å². The summed E-state index contributed by atoms with van der Waals surface area (Å²) >= 11 is 5.70. The van der Waals surface area contributed by atoms with Crippen molar-refractivity contribution in [3.63, 3.8) is 0 Å². The monoisotopic (exact) mass is 285 g/mol. The van der Waals surface area contributed by atoms with Gasteiger partial charge in [0.05, 0.1) is 23.8 Å². The van der Waals surface area contributed by atoms with Crippen LogP contribution in [0.1, 0.15) is 24.2 Å². The number of ether oxygens (including phenoxy) is 1. The number of carbonyl (C=O) groups excluding carboxylic acids is 2. The van der Waals surface area contributed by atoms with E-state index in [9.17, 15) is 14.7 Å². The van der Waals surface area contributed by atoms with E-state index < -0.39 is 11.4 Å². The van der Waals surface area contributed by atoms with Crippen LogP contribution >= 0.6 is 11.6 Å². The summed E-state index contributed by atoms with van der Waals surface area (Å²) in [5.74, 6) is -0.931. The number of nitrogens with one attached hydrogen (secondary N) is 1. The number of aromatic hydroxyl groups is 1. The molecule has 6 heteroatoms. The molecule has 0 fully saturated rings. The summed E-state index contributed by atoms with van der Waals surface area (Å²) < 4.78 is 4.53. The standard InChI is InChI=1S/C13H16ClNO4/c1-13(2,7-14)12(18)15-9-5-4-8(6-10(9)16)11(17)19-3/h4-6,16H,7H2,1-3H3,(H,15,18). The van der Waals surface area contributed by atoms with Gasteiger partial charge in [-0.3, -0.25) is 4.79 Å². The maximum absolute atomic E-state index is 11.9. The van der Waals surface area contributed by atoms with Crippen LogP contribution in [-0.4, -0.2) is 30.0 Å². The quantitative estimate of drug-likeness (QED) is 0.506. The van der Waals surface area contributed by atoms with Gasteiger partial charge in [-0.05, 0) is 32.0 Å². The molecule has 1 rings (SSSR count). The molecule has 1 aromatic carbocycles. The van der Waals surface area contributed by atoms with Crippen LogP contribution in [0.4, 0.5) is 5.69 Å². The first-order valence-corrected chi connectivity index (χ1v) is 6.14. The van der Waals surface area contributed by atoms with Crippen molar-refractivity contribution in [1.29, 1.82) is 0 Å². The molecule has 0 heterocycles. The first-order valence-electron chi connectivity index (χ1n) is 5.60. The zero-order valence-corrected chi connectivity index (χ0v) is 11.7. The maximum atomic E-state index is 11.9. The van der Waals surface area contributed by atoms with Crippen LogP contribution < -0.4 is 5.32 Å². The molecule has 2 N–H and O–H groups in total. The van der Waals surface area contributed by atoms with Gasteiger partial charge in [0.25, 0.3) is 0 Å². The zero-order chi connectivity index (χ0) is 14.6. The van der Waals surface area contributed by atoms with Gasteiger partial charge >= 0.3 is 5.97 Å². The molecule has 0 aliphatic rings. The number of methoxy groups -OCH3 is 1. The number of phenols is 1. The van der Waals surface area contributed by atoms with E-state index in [0.717, 1.165) is 0 Å².